The average molecular weight is 396 g/mol. The Bertz CT molecular complexity index is 781. The molecule has 2 aromatic heterocycles. The molecule has 0 spiro atoms. The third-order valence-electron chi connectivity index (χ3n) is 3.72. The van der Waals surface area contributed by atoms with Crippen molar-refractivity contribution in [2.45, 2.75) is 46.3 Å². The number of thiophene rings is 1. The van der Waals surface area contributed by atoms with E-state index in [9.17, 15) is 9.59 Å². The van der Waals surface area contributed by atoms with Gasteiger partial charge < -0.3 is 14.6 Å². The van der Waals surface area contributed by atoms with Crippen molar-refractivity contribution in [1.82, 2.24) is 9.55 Å². The summed E-state index contributed by atoms with van der Waals surface area (Å²) in [5, 5.41) is 5.93. The van der Waals surface area contributed by atoms with Gasteiger partial charge in [-0.2, -0.15) is 0 Å². The van der Waals surface area contributed by atoms with Crippen LogP contribution >= 0.6 is 23.1 Å². The fourth-order valence-electron chi connectivity index (χ4n) is 2.38. The molecule has 8 heteroatoms. The van der Waals surface area contributed by atoms with Gasteiger partial charge in [-0.3, -0.25) is 4.79 Å². The number of nitrogens with zero attached hydrogens (tertiary/aromatic N) is 2. The Balaban J connectivity index is 2.01. The van der Waals surface area contributed by atoms with E-state index in [-0.39, 0.29) is 11.7 Å². The van der Waals surface area contributed by atoms with E-state index in [1.165, 1.54) is 23.1 Å². The number of nitrogens with one attached hydrogen (secondary N) is 1. The monoisotopic (exact) mass is 395 g/mol. The molecule has 0 aromatic carbocycles. The summed E-state index contributed by atoms with van der Waals surface area (Å²) in [6, 6.07) is 1.66. The minimum atomic E-state index is -0.421. The molecule has 6 nitrogen and oxygen atoms in total. The van der Waals surface area contributed by atoms with Gasteiger partial charge in [-0.25, -0.2) is 9.78 Å². The highest BCUT2D eigenvalue weighted by Crippen LogP contribution is 2.26. The third kappa shape index (κ3) is 5.11. The highest BCUT2D eigenvalue weighted by Gasteiger charge is 2.18. The summed E-state index contributed by atoms with van der Waals surface area (Å²) >= 11 is 2.72. The van der Waals surface area contributed by atoms with E-state index < -0.39 is 5.97 Å². The van der Waals surface area contributed by atoms with Crippen LogP contribution in [-0.2, 0) is 16.1 Å². The van der Waals surface area contributed by atoms with Crippen LogP contribution in [0.4, 0.5) is 5.00 Å². The fraction of sp³-hybridized carbons (Fsp3) is 0.500. The number of rotatable bonds is 8. The highest BCUT2D eigenvalue weighted by atomic mass is 32.2. The lowest BCUT2D eigenvalue weighted by atomic mass is 10.2. The van der Waals surface area contributed by atoms with E-state index in [1.54, 1.807) is 18.4 Å². The van der Waals surface area contributed by atoms with Crippen molar-refractivity contribution >= 4 is 40.0 Å². The quantitative estimate of drug-likeness (QED) is 0.537. The molecular formula is C18H25N3O3S2. The molecule has 0 aliphatic heterocycles. The van der Waals surface area contributed by atoms with E-state index in [1.807, 2.05) is 13.8 Å². The van der Waals surface area contributed by atoms with Crippen molar-refractivity contribution in [2.75, 3.05) is 17.7 Å². The Hall–Kier alpha value is -1.80. The zero-order chi connectivity index (χ0) is 19.3. The Morgan fingerprint density at radius 1 is 1.38 bits per heavy atom. The Morgan fingerprint density at radius 3 is 2.77 bits per heavy atom. The summed E-state index contributed by atoms with van der Waals surface area (Å²) in [6.45, 7) is 11.3. The number of thioether (sulfide) groups is 1. The maximum atomic E-state index is 12.3. The number of aryl methyl sites for hydroxylation is 1. The van der Waals surface area contributed by atoms with E-state index in [0.29, 0.717) is 23.1 Å². The molecule has 2 aromatic rings. The second-order valence-electron chi connectivity index (χ2n) is 6.29. The first-order valence-corrected chi connectivity index (χ1v) is 10.4. The molecule has 1 N–H and O–H groups in total. The number of hydrogen-bond donors (Lipinski definition) is 1. The molecule has 26 heavy (non-hydrogen) atoms. The molecule has 0 radical (unpaired) electrons. The summed E-state index contributed by atoms with van der Waals surface area (Å²) in [5.41, 5.74) is 2.50. The van der Waals surface area contributed by atoms with Crippen molar-refractivity contribution in [3.8, 4) is 0 Å². The maximum absolute atomic E-state index is 12.3. The molecule has 2 heterocycles. The van der Waals surface area contributed by atoms with E-state index in [2.05, 4.69) is 28.7 Å². The molecule has 142 valence electrons. The molecule has 1 amide bonds. The molecule has 0 aliphatic rings. The number of amides is 1. The lowest BCUT2D eigenvalue weighted by Gasteiger charge is -2.12. The molecule has 0 unspecified atom stereocenters. The van der Waals surface area contributed by atoms with Crippen LogP contribution in [0.1, 0.15) is 42.5 Å². The molecule has 0 saturated heterocycles. The van der Waals surface area contributed by atoms with E-state index in [0.717, 1.165) is 23.1 Å². The smallest absolute Gasteiger partial charge is 0.341 e. The van der Waals surface area contributed by atoms with Crippen LogP contribution in [0.25, 0.3) is 0 Å². The van der Waals surface area contributed by atoms with E-state index in [4.69, 9.17) is 4.74 Å². The SMILES string of the molecule is CCOC(=O)c1ccsc1NC(=O)CSc1nc(C)c(C)n1CC(C)C. The van der Waals surface area contributed by atoms with Crippen molar-refractivity contribution in [1.29, 1.82) is 0 Å². The number of aromatic nitrogens is 2. The lowest BCUT2D eigenvalue weighted by molar-refractivity contribution is -0.113. The van der Waals surface area contributed by atoms with Crippen LogP contribution < -0.4 is 5.32 Å². The van der Waals surface area contributed by atoms with Gasteiger partial charge in [0.1, 0.15) is 5.00 Å². The number of carbonyl (C=O) groups excluding carboxylic acids is 2. The summed E-state index contributed by atoms with van der Waals surface area (Å²) in [5.74, 6) is 0.135. The van der Waals surface area contributed by atoms with Gasteiger partial charge in [0.2, 0.25) is 5.91 Å². The summed E-state index contributed by atoms with van der Waals surface area (Å²) in [4.78, 5) is 28.8. The first-order chi connectivity index (χ1) is 12.3. The number of imidazole rings is 1. The van der Waals surface area contributed by atoms with Crippen molar-refractivity contribution < 1.29 is 14.3 Å². The molecule has 0 saturated carbocycles. The molecule has 0 bridgehead atoms. The van der Waals surface area contributed by atoms with Crippen LogP contribution in [0.3, 0.4) is 0 Å². The van der Waals surface area contributed by atoms with Gasteiger partial charge in [0.15, 0.2) is 5.16 Å². The Labute approximate surface area is 162 Å². The van der Waals surface area contributed by atoms with Gasteiger partial charge in [0.05, 0.1) is 23.6 Å². The van der Waals surface area contributed by atoms with E-state index >= 15 is 0 Å². The van der Waals surface area contributed by atoms with Crippen molar-refractivity contribution in [3.63, 3.8) is 0 Å². The first kappa shape index (κ1) is 20.5. The predicted octanol–water partition coefficient (Wildman–Crippen LogP) is 4.12. The Morgan fingerprint density at radius 2 is 2.12 bits per heavy atom. The van der Waals surface area contributed by atoms with Crippen LogP contribution in [-0.4, -0.2) is 33.8 Å². The number of ether oxygens (including phenoxy) is 1. The Kier molecular flexibility index (Phi) is 7.28. The minimum absolute atomic E-state index is 0.169. The first-order valence-electron chi connectivity index (χ1n) is 8.54. The van der Waals surface area contributed by atoms with Gasteiger partial charge in [0, 0.05) is 12.2 Å². The van der Waals surface area contributed by atoms with Gasteiger partial charge in [-0.15, -0.1) is 11.3 Å². The molecule has 0 fully saturated rings. The number of esters is 1. The molecule has 0 atom stereocenters. The summed E-state index contributed by atoms with van der Waals surface area (Å²) < 4.78 is 7.16. The number of hydrogen-bond acceptors (Lipinski definition) is 6. The highest BCUT2D eigenvalue weighted by molar-refractivity contribution is 7.99. The van der Waals surface area contributed by atoms with Gasteiger partial charge in [-0.05, 0) is 38.1 Å². The minimum Gasteiger partial charge on any atom is -0.462 e. The second-order valence-corrected chi connectivity index (χ2v) is 8.15. The average Bonchev–Trinajstić information content (AvgIpc) is 3.13. The van der Waals surface area contributed by atoms with Crippen LogP contribution in [0.15, 0.2) is 16.6 Å². The zero-order valence-corrected chi connectivity index (χ0v) is 17.4. The number of anilines is 1. The standard InChI is InChI=1S/C18H25N3O3S2/c1-6-24-17(23)14-7-8-25-16(14)20-15(22)10-26-18-19-12(4)13(5)21(18)9-11(2)3/h7-8,11H,6,9-10H2,1-5H3,(H,20,22). The van der Waals surface area contributed by atoms with Crippen LogP contribution in [0, 0.1) is 19.8 Å². The largest absolute Gasteiger partial charge is 0.462 e. The molecular weight excluding hydrogens is 370 g/mol. The second kappa shape index (κ2) is 9.23. The fourth-order valence-corrected chi connectivity index (χ4v) is 4.07. The summed E-state index contributed by atoms with van der Waals surface area (Å²) in [7, 11) is 0. The van der Waals surface area contributed by atoms with Gasteiger partial charge in [0.25, 0.3) is 0 Å². The third-order valence-corrected chi connectivity index (χ3v) is 5.52. The lowest BCUT2D eigenvalue weighted by Crippen LogP contribution is -2.16. The summed E-state index contributed by atoms with van der Waals surface area (Å²) in [6.07, 6.45) is 0. The van der Waals surface area contributed by atoms with Crippen LogP contribution in [0.2, 0.25) is 0 Å². The zero-order valence-electron chi connectivity index (χ0n) is 15.8. The topological polar surface area (TPSA) is 73.2 Å². The van der Waals surface area contributed by atoms with Gasteiger partial charge in [-0.1, -0.05) is 25.6 Å². The predicted molar refractivity (Wildman–Crippen MR) is 106 cm³/mol. The van der Waals surface area contributed by atoms with Crippen LogP contribution in [0.5, 0.6) is 0 Å². The van der Waals surface area contributed by atoms with Crippen molar-refractivity contribution in [2.24, 2.45) is 5.92 Å². The molecule has 2 rings (SSSR count). The molecule has 0 aliphatic carbocycles. The van der Waals surface area contributed by atoms with Crippen molar-refractivity contribution in [3.05, 3.63) is 28.4 Å². The normalized spacial score (nSPS) is 11.0. The number of carbonyl (C=O) groups is 2. The van der Waals surface area contributed by atoms with Gasteiger partial charge >= 0.3 is 5.97 Å². The maximum Gasteiger partial charge on any atom is 0.341 e.